The Balaban J connectivity index is 0.00000264. The molecule has 2 rings (SSSR count). The van der Waals surface area contributed by atoms with Crippen LogP contribution < -0.4 is 39.0 Å². The molecule has 1 N–H and O–H groups in total. The molecule has 0 spiro atoms. The molecular formula is C16H16NNaO5. The molecule has 0 radical (unpaired) electrons. The Morgan fingerprint density at radius 2 is 1.74 bits per heavy atom. The number of aliphatic hydroxyl groups is 1. The molecule has 2 aromatic carbocycles. The van der Waals surface area contributed by atoms with Crippen LogP contribution in [0.3, 0.4) is 0 Å². The number of methoxy groups -OCH3 is 1. The van der Waals surface area contributed by atoms with Crippen LogP contribution in [0, 0.1) is 10.1 Å². The molecular weight excluding hydrogens is 309 g/mol. The minimum absolute atomic E-state index is 0. The first-order chi connectivity index (χ1) is 10.6. The second kappa shape index (κ2) is 9.19. The molecule has 1 unspecified atom stereocenters. The van der Waals surface area contributed by atoms with E-state index >= 15 is 0 Å². The molecule has 0 bridgehead atoms. The maximum atomic E-state index is 10.6. The van der Waals surface area contributed by atoms with Crippen molar-refractivity contribution in [1.29, 1.82) is 0 Å². The Kier molecular flexibility index (Phi) is 7.61. The smallest absolute Gasteiger partial charge is 1.00 e. The third-order valence-electron chi connectivity index (χ3n) is 2.92. The fraction of sp³-hybridized carbons (Fsp3) is 0.125. The molecule has 0 aliphatic carbocycles. The zero-order chi connectivity index (χ0) is 15.9. The standard InChI is InChI=1S/C16H15NO5.Na.H/c1-21-14-9-5-6-10-15(14)22-16(13(18)11-17(19)20)12-7-3-2-4-8-12;;/h2-11,16,18H,1H3;;/q;+1;-1. The van der Waals surface area contributed by atoms with E-state index in [1.807, 2.05) is 0 Å². The zero-order valence-corrected chi connectivity index (χ0v) is 14.9. The monoisotopic (exact) mass is 325 g/mol. The molecule has 2 aromatic rings. The summed E-state index contributed by atoms with van der Waals surface area (Å²) < 4.78 is 10.9. The van der Waals surface area contributed by atoms with Crippen LogP contribution in [0.15, 0.2) is 66.6 Å². The normalized spacial score (nSPS) is 12.0. The van der Waals surface area contributed by atoms with E-state index in [2.05, 4.69) is 0 Å². The average Bonchev–Trinajstić information content (AvgIpc) is 2.53. The fourth-order valence-electron chi connectivity index (χ4n) is 1.95. The van der Waals surface area contributed by atoms with Crippen LogP contribution in [0.5, 0.6) is 11.5 Å². The molecule has 0 heterocycles. The summed E-state index contributed by atoms with van der Waals surface area (Å²) in [7, 11) is 1.49. The van der Waals surface area contributed by atoms with Crippen LogP contribution in [-0.2, 0) is 0 Å². The van der Waals surface area contributed by atoms with E-state index in [4.69, 9.17) is 9.47 Å². The van der Waals surface area contributed by atoms with E-state index in [0.29, 0.717) is 23.3 Å². The molecule has 6 nitrogen and oxygen atoms in total. The van der Waals surface area contributed by atoms with E-state index in [1.165, 1.54) is 7.11 Å². The van der Waals surface area contributed by atoms with Gasteiger partial charge in [0.05, 0.1) is 12.0 Å². The van der Waals surface area contributed by atoms with Crippen molar-refractivity contribution in [3.05, 3.63) is 82.2 Å². The van der Waals surface area contributed by atoms with Gasteiger partial charge >= 0.3 is 29.6 Å². The van der Waals surface area contributed by atoms with Crippen molar-refractivity contribution in [2.24, 2.45) is 0 Å². The van der Waals surface area contributed by atoms with Crippen LogP contribution in [0.4, 0.5) is 0 Å². The minimum Gasteiger partial charge on any atom is -1.00 e. The van der Waals surface area contributed by atoms with Gasteiger partial charge in [-0.05, 0) is 12.1 Å². The summed E-state index contributed by atoms with van der Waals surface area (Å²) in [5.41, 5.74) is 0.587. The number of hydrogen-bond acceptors (Lipinski definition) is 5. The number of rotatable bonds is 6. The first kappa shape index (κ1) is 19.0. The van der Waals surface area contributed by atoms with E-state index in [-0.39, 0.29) is 31.0 Å². The Morgan fingerprint density at radius 3 is 2.30 bits per heavy atom. The van der Waals surface area contributed by atoms with Crippen molar-refractivity contribution in [3.63, 3.8) is 0 Å². The predicted molar refractivity (Wildman–Crippen MR) is 81.6 cm³/mol. The van der Waals surface area contributed by atoms with E-state index in [0.717, 1.165) is 0 Å². The van der Waals surface area contributed by atoms with E-state index in [9.17, 15) is 15.2 Å². The number of benzene rings is 2. The van der Waals surface area contributed by atoms with Gasteiger partial charge in [0, 0.05) is 5.56 Å². The van der Waals surface area contributed by atoms with Crippen LogP contribution in [-0.4, -0.2) is 17.1 Å². The maximum absolute atomic E-state index is 10.6. The Morgan fingerprint density at radius 1 is 1.17 bits per heavy atom. The molecule has 23 heavy (non-hydrogen) atoms. The van der Waals surface area contributed by atoms with Crippen molar-refractivity contribution in [1.82, 2.24) is 0 Å². The number of para-hydroxylation sites is 2. The summed E-state index contributed by atoms with van der Waals surface area (Å²) in [4.78, 5) is 9.88. The number of nitrogens with zero attached hydrogens (tertiary/aromatic N) is 1. The molecule has 0 saturated carbocycles. The number of ether oxygens (including phenoxy) is 2. The molecule has 0 aliphatic rings. The van der Waals surface area contributed by atoms with Gasteiger partial charge in [-0.15, -0.1) is 0 Å². The van der Waals surface area contributed by atoms with Gasteiger partial charge in [-0.25, -0.2) is 0 Å². The first-order valence-corrected chi connectivity index (χ1v) is 6.50. The van der Waals surface area contributed by atoms with Crippen molar-refractivity contribution in [2.75, 3.05) is 7.11 Å². The molecule has 116 valence electrons. The van der Waals surface area contributed by atoms with Gasteiger partial charge in [-0.3, -0.25) is 10.1 Å². The minimum atomic E-state index is -0.997. The van der Waals surface area contributed by atoms with Crippen molar-refractivity contribution >= 4 is 0 Å². The van der Waals surface area contributed by atoms with E-state index < -0.39 is 16.8 Å². The SMILES string of the molecule is COc1ccccc1OC(C(O)=C[N+](=O)[O-])c1ccccc1.[H-].[Na+]. The summed E-state index contributed by atoms with van der Waals surface area (Å²) in [5, 5.41) is 20.6. The van der Waals surface area contributed by atoms with Crippen molar-refractivity contribution in [3.8, 4) is 11.5 Å². The number of aliphatic hydroxyl groups excluding tert-OH is 1. The van der Waals surface area contributed by atoms with Gasteiger partial charge in [0.25, 0.3) is 6.20 Å². The molecule has 0 aliphatic heterocycles. The average molecular weight is 325 g/mol. The summed E-state index contributed by atoms with van der Waals surface area (Å²) in [5.74, 6) is 0.349. The summed E-state index contributed by atoms with van der Waals surface area (Å²) in [6.07, 6.45) is -0.476. The van der Waals surface area contributed by atoms with Gasteiger partial charge in [0.1, 0.15) is 0 Å². The van der Waals surface area contributed by atoms with Gasteiger partial charge < -0.3 is 16.0 Å². The number of hydrogen-bond donors (Lipinski definition) is 1. The van der Waals surface area contributed by atoms with Gasteiger partial charge in [0.15, 0.2) is 17.6 Å². The molecule has 0 fully saturated rings. The third-order valence-corrected chi connectivity index (χ3v) is 2.92. The van der Waals surface area contributed by atoms with Crippen LogP contribution in [0.1, 0.15) is 13.1 Å². The Labute approximate surface area is 157 Å². The van der Waals surface area contributed by atoms with Gasteiger partial charge in [-0.1, -0.05) is 42.5 Å². The Hall–Kier alpha value is -2.02. The molecule has 0 amide bonds. The van der Waals surface area contributed by atoms with Gasteiger partial charge in [-0.2, -0.15) is 0 Å². The topological polar surface area (TPSA) is 81.8 Å². The third kappa shape index (κ3) is 5.28. The zero-order valence-electron chi connectivity index (χ0n) is 13.9. The maximum Gasteiger partial charge on any atom is 1.00 e. The second-order valence-electron chi connectivity index (χ2n) is 4.40. The summed E-state index contributed by atoms with van der Waals surface area (Å²) >= 11 is 0. The largest absolute Gasteiger partial charge is 1.00 e. The summed E-state index contributed by atoms with van der Waals surface area (Å²) in [6.45, 7) is 0. The van der Waals surface area contributed by atoms with Crippen molar-refractivity contribution < 1.29 is 50.5 Å². The van der Waals surface area contributed by atoms with Crippen LogP contribution in [0.25, 0.3) is 0 Å². The fourth-order valence-corrected chi connectivity index (χ4v) is 1.95. The second-order valence-corrected chi connectivity index (χ2v) is 4.40. The molecule has 0 aromatic heterocycles. The van der Waals surface area contributed by atoms with Crippen molar-refractivity contribution in [2.45, 2.75) is 6.10 Å². The molecule has 7 heteroatoms. The quantitative estimate of drug-likeness (QED) is 0.364. The first-order valence-electron chi connectivity index (χ1n) is 6.50. The summed E-state index contributed by atoms with van der Waals surface area (Å²) in [6, 6.07) is 15.6. The van der Waals surface area contributed by atoms with E-state index in [1.54, 1.807) is 54.6 Å². The predicted octanol–water partition coefficient (Wildman–Crippen LogP) is 0.608. The van der Waals surface area contributed by atoms with Crippen LogP contribution in [0.2, 0.25) is 0 Å². The molecule has 1 atom stereocenters. The number of nitro groups is 1. The van der Waals surface area contributed by atoms with Gasteiger partial charge in [0.2, 0.25) is 5.76 Å². The Bertz CT molecular complexity index is 681. The molecule has 0 saturated heterocycles. The van der Waals surface area contributed by atoms with Crippen LogP contribution >= 0.6 is 0 Å².